The van der Waals surface area contributed by atoms with Gasteiger partial charge in [0, 0.05) is 11.9 Å². The van der Waals surface area contributed by atoms with Crippen molar-refractivity contribution in [3.05, 3.63) is 35.3 Å². The van der Waals surface area contributed by atoms with Gasteiger partial charge < -0.3 is 9.51 Å². The smallest absolute Gasteiger partial charge is 0.307 e. The second kappa shape index (κ2) is 3.96. The van der Waals surface area contributed by atoms with Crippen LogP contribution in [-0.2, 0) is 17.6 Å². The van der Waals surface area contributed by atoms with Crippen LogP contribution in [0.25, 0.3) is 5.65 Å². The van der Waals surface area contributed by atoms with Crippen LogP contribution in [0.1, 0.15) is 23.9 Å². The quantitative estimate of drug-likeness (QED) is 0.855. The third-order valence-electron chi connectivity index (χ3n) is 2.71. The zero-order valence-electron chi connectivity index (χ0n) is 9.40. The number of carboxylic acids is 1. The van der Waals surface area contributed by atoms with Crippen molar-refractivity contribution in [1.82, 2.24) is 9.38 Å². The fourth-order valence-electron chi connectivity index (χ4n) is 1.87. The number of carbonyl (C=O) groups is 1. The molecule has 0 atom stereocenters. The number of pyridine rings is 1. The first-order valence-corrected chi connectivity index (χ1v) is 5.30. The topological polar surface area (TPSA) is 54.6 Å². The van der Waals surface area contributed by atoms with Crippen LogP contribution in [-0.4, -0.2) is 20.5 Å². The summed E-state index contributed by atoms with van der Waals surface area (Å²) in [4.78, 5) is 15.1. The second-order valence-corrected chi connectivity index (χ2v) is 3.83. The highest BCUT2D eigenvalue weighted by molar-refractivity contribution is 5.70. The van der Waals surface area contributed by atoms with E-state index in [1.54, 1.807) is 0 Å². The molecule has 4 nitrogen and oxygen atoms in total. The Hall–Kier alpha value is -1.84. The fraction of sp³-hybridized carbons (Fsp3) is 0.333. The number of rotatable bonds is 3. The summed E-state index contributed by atoms with van der Waals surface area (Å²) in [5.41, 5.74) is 3.82. The molecule has 4 heteroatoms. The standard InChI is InChI=1S/C12H14N2O2/c1-3-10-8(2)14-7-9(6-12(15)16)4-5-11(14)13-10/h4-5,7H,3,6H2,1-2H3,(H,15,16). The molecule has 0 amide bonds. The Morgan fingerprint density at radius 3 is 2.88 bits per heavy atom. The van der Waals surface area contributed by atoms with Gasteiger partial charge in [-0.2, -0.15) is 0 Å². The first kappa shape index (κ1) is 10.7. The molecule has 0 aliphatic rings. The molecule has 0 aliphatic carbocycles. The maximum Gasteiger partial charge on any atom is 0.307 e. The molecule has 0 saturated heterocycles. The van der Waals surface area contributed by atoms with Crippen molar-refractivity contribution in [2.24, 2.45) is 0 Å². The van der Waals surface area contributed by atoms with Gasteiger partial charge in [-0.25, -0.2) is 4.98 Å². The largest absolute Gasteiger partial charge is 0.481 e. The van der Waals surface area contributed by atoms with Gasteiger partial charge in [-0.15, -0.1) is 0 Å². The van der Waals surface area contributed by atoms with Gasteiger partial charge in [0.25, 0.3) is 0 Å². The molecular formula is C12H14N2O2. The molecule has 0 unspecified atom stereocenters. The van der Waals surface area contributed by atoms with E-state index >= 15 is 0 Å². The lowest BCUT2D eigenvalue weighted by Crippen LogP contribution is -2.01. The van der Waals surface area contributed by atoms with E-state index in [2.05, 4.69) is 11.9 Å². The molecule has 0 bridgehead atoms. The van der Waals surface area contributed by atoms with E-state index < -0.39 is 5.97 Å². The molecule has 0 spiro atoms. The molecule has 0 fully saturated rings. The van der Waals surface area contributed by atoms with Crippen LogP contribution in [0.5, 0.6) is 0 Å². The predicted molar refractivity (Wildman–Crippen MR) is 60.6 cm³/mol. The number of fused-ring (bicyclic) bond motifs is 1. The highest BCUT2D eigenvalue weighted by atomic mass is 16.4. The van der Waals surface area contributed by atoms with Crippen LogP contribution in [0.15, 0.2) is 18.3 Å². The lowest BCUT2D eigenvalue weighted by molar-refractivity contribution is -0.136. The lowest BCUT2D eigenvalue weighted by Gasteiger charge is -2.00. The Kier molecular flexibility index (Phi) is 2.64. The average Bonchev–Trinajstić information content (AvgIpc) is 2.55. The van der Waals surface area contributed by atoms with Gasteiger partial charge in [-0.3, -0.25) is 4.79 Å². The number of carboxylic acid groups (broad SMARTS) is 1. The minimum atomic E-state index is -0.812. The van der Waals surface area contributed by atoms with Gasteiger partial charge in [0.05, 0.1) is 12.1 Å². The molecule has 0 aromatic carbocycles. The van der Waals surface area contributed by atoms with Crippen LogP contribution >= 0.6 is 0 Å². The summed E-state index contributed by atoms with van der Waals surface area (Å²) in [6, 6.07) is 3.68. The first-order chi connectivity index (χ1) is 7.61. The van der Waals surface area contributed by atoms with E-state index in [4.69, 9.17) is 5.11 Å². The minimum Gasteiger partial charge on any atom is -0.481 e. The minimum absolute atomic E-state index is 0.0506. The van der Waals surface area contributed by atoms with Crippen molar-refractivity contribution in [2.75, 3.05) is 0 Å². The third kappa shape index (κ3) is 1.78. The van der Waals surface area contributed by atoms with Gasteiger partial charge in [0.2, 0.25) is 0 Å². The number of aliphatic carboxylic acids is 1. The number of aromatic nitrogens is 2. The number of nitrogens with zero attached hydrogens (tertiary/aromatic N) is 2. The van der Waals surface area contributed by atoms with Gasteiger partial charge in [-0.05, 0) is 25.0 Å². The van der Waals surface area contributed by atoms with E-state index in [1.165, 1.54) is 0 Å². The van der Waals surface area contributed by atoms with E-state index in [-0.39, 0.29) is 6.42 Å². The second-order valence-electron chi connectivity index (χ2n) is 3.83. The molecule has 2 rings (SSSR count). The number of hydrogen-bond donors (Lipinski definition) is 1. The molecular weight excluding hydrogens is 204 g/mol. The molecule has 0 radical (unpaired) electrons. The summed E-state index contributed by atoms with van der Waals surface area (Å²) in [5.74, 6) is -0.812. The number of imidazole rings is 1. The van der Waals surface area contributed by atoms with Crippen molar-refractivity contribution in [2.45, 2.75) is 26.7 Å². The van der Waals surface area contributed by atoms with Crippen LogP contribution in [0.3, 0.4) is 0 Å². The lowest BCUT2D eigenvalue weighted by atomic mass is 10.2. The van der Waals surface area contributed by atoms with Gasteiger partial charge in [0.15, 0.2) is 0 Å². The highest BCUT2D eigenvalue weighted by Gasteiger charge is 2.08. The summed E-state index contributed by atoms with van der Waals surface area (Å²) in [6.07, 6.45) is 2.79. The van der Waals surface area contributed by atoms with E-state index in [9.17, 15) is 4.79 Å². The van der Waals surface area contributed by atoms with Crippen LogP contribution < -0.4 is 0 Å². The Morgan fingerprint density at radius 2 is 2.25 bits per heavy atom. The molecule has 0 aliphatic heterocycles. The predicted octanol–water partition coefficient (Wildman–Crippen LogP) is 1.83. The van der Waals surface area contributed by atoms with E-state index in [0.717, 1.165) is 29.0 Å². The monoisotopic (exact) mass is 218 g/mol. The zero-order valence-corrected chi connectivity index (χ0v) is 9.40. The summed E-state index contributed by atoms with van der Waals surface area (Å²) < 4.78 is 1.96. The van der Waals surface area contributed by atoms with E-state index in [1.807, 2.05) is 29.7 Å². The van der Waals surface area contributed by atoms with Crippen molar-refractivity contribution in [1.29, 1.82) is 0 Å². The first-order valence-electron chi connectivity index (χ1n) is 5.30. The third-order valence-corrected chi connectivity index (χ3v) is 2.71. The summed E-state index contributed by atoms with van der Waals surface area (Å²) in [7, 11) is 0. The van der Waals surface area contributed by atoms with Crippen molar-refractivity contribution < 1.29 is 9.90 Å². The Morgan fingerprint density at radius 1 is 1.50 bits per heavy atom. The van der Waals surface area contributed by atoms with E-state index in [0.29, 0.717) is 0 Å². The Balaban J connectivity index is 2.52. The molecule has 1 N–H and O–H groups in total. The van der Waals surface area contributed by atoms with Crippen molar-refractivity contribution >= 4 is 11.6 Å². The van der Waals surface area contributed by atoms with Gasteiger partial charge in [-0.1, -0.05) is 13.0 Å². The molecule has 84 valence electrons. The maximum absolute atomic E-state index is 10.6. The molecule has 0 saturated carbocycles. The molecule has 16 heavy (non-hydrogen) atoms. The van der Waals surface area contributed by atoms with Crippen LogP contribution in [0.4, 0.5) is 0 Å². The maximum atomic E-state index is 10.6. The number of hydrogen-bond acceptors (Lipinski definition) is 2. The molecule has 2 aromatic heterocycles. The van der Waals surface area contributed by atoms with Gasteiger partial charge in [0.1, 0.15) is 5.65 Å². The summed E-state index contributed by atoms with van der Waals surface area (Å²) in [6.45, 7) is 4.07. The van der Waals surface area contributed by atoms with Crippen LogP contribution in [0, 0.1) is 6.92 Å². The number of aryl methyl sites for hydroxylation is 2. The Labute approximate surface area is 93.5 Å². The van der Waals surface area contributed by atoms with Crippen molar-refractivity contribution in [3.63, 3.8) is 0 Å². The molecule has 2 aromatic rings. The highest BCUT2D eigenvalue weighted by Crippen LogP contribution is 2.14. The SMILES string of the molecule is CCc1nc2ccc(CC(=O)O)cn2c1C. The van der Waals surface area contributed by atoms with Gasteiger partial charge >= 0.3 is 5.97 Å². The normalized spacial score (nSPS) is 10.9. The summed E-state index contributed by atoms with van der Waals surface area (Å²) >= 11 is 0. The van der Waals surface area contributed by atoms with Crippen molar-refractivity contribution in [3.8, 4) is 0 Å². The zero-order chi connectivity index (χ0) is 11.7. The van der Waals surface area contributed by atoms with Crippen LogP contribution in [0.2, 0.25) is 0 Å². The fourth-order valence-corrected chi connectivity index (χ4v) is 1.87. The average molecular weight is 218 g/mol. The Bertz CT molecular complexity index is 543. The molecule has 2 heterocycles. The summed E-state index contributed by atoms with van der Waals surface area (Å²) in [5, 5.41) is 8.73.